The van der Waals surface area contributed by atoms with E-state index in [-0.39, 0.29) is 73.7 Å². The standard InChI is InChI=1S/C25H23N5O4S.3C2H6.CH3.Y/c1-14-8-4-6-10-18(14)27-29-23-16(3)12-17-13-20(35(32,33)34)24(22(26)21(17)25(23)31)30-28-19-11-7-5-9-15(19)2;3*1-2;;/h4-13,31H,26H2,1-3H3,(H,32,33,34);3*1-2H3;1H3;/q;;;;-1;. The molecule has 0 spiro atoms. The SMILES string of the molecule is CC.CC.CC.Cc1ccccc1N=Nc1c(S(=O)(=O)O)cc2cc(C)c(N=Nc3ccccc3C)c(O)c2c1N.[CH3-].[Y]. The zero-order valence-electron chi connectivity index (χ0n) is 26.8. The largest absolute Gasteiger partial charge is 0.505 e. The Balaban J connectivity index is 0. The van der Waals surface area contributed by atoms with Crippen molar-refractivity contribution in [3.05, 3.63) is 84.8 Å². The van der Waals surface area contributed by atoms with Gasteiger partial charge < -0.3 is 18.3 Å². The summed E-state index contributed by atoms with van der Waals surface area (Å²) >= 11 is 0. The van der Waals surface area contributed by atoms with Gasteiger partial charge in [0.15, 0.2) is 5.75 Å². The zero-order valence-corrected chi connectivity index (χ0v) is 30.5. The summed E-state index contributed by atoms with van der Waals surface area (Å²) in [7, 11) is -4.71. The summed E-state index contributed by atoms with van der Waals surface area (Å²) in [6.45, 7) is 17.4. The van der Waals surface area contributed by atoms with E-state index in [4.69, 9.17) is 5.73 Å². The van der Waals surface area contributed by atoms with Crippen LogP contribution in [0.15, 0.2) is 86.0 Å². The van der Waals surface area contributed by atoms with Gasteiger partial charge in [-0.1, -0.05) is 77.9 Å². The fourth-order valence-electron chi connectivity index (χ4n) is 3.66. The van der Waals surface area contributed by atoms with E-state index in [2.05, 4.69) is 20.5 Å². The molecular weight excluding hydrogens is 639 g/mol. The normalized spacial score (nSPS) is 10.4. The van der Waals surface area contributed by atoms with Crippen molar-refractivity contribution in [2.75, 3.05) is 5.73 Å². The molecule has 0 aliphatic heterocycles. The first-order chi connectivity index (χ1) is 19.6. The Labute approximate surface area is 282 Å². The number of hydrogen-bond acceptors (Lipinski definition) is 8. The van der Waals surface area contributed by atoms with E-state index in [0.717, 1.165) is 11.1 Å². The van der Waals surface area contributed by atoms with Gasteiger partial charge in [0.25, 0.3) is 10.1 Å². The second-order valence-electron chi connectivity index (χ2n) is 8.07. The van der Waals surface area contributed by atoms with Gasteiger partial charge in [0.1, 0.15) is 16.3 Å². The van der Waals surface area contributed by atoms with Crippen molar-refractivity contribution in [1.82, 2.24) is 0 Å². The molecule has 4 aromatic rings. The number of azo groups is 2. The minimum atomic E-state index is -4.71. The minimum Gasteiger partial charge on any atom is -0.505 e. The van der Waals surface area contributed by atoms with Crippen molar-refractivity contribution in [2.24, 2.45) is 20.5 Å². The molecule has 0 amide bonds. The maximum atomic E-state index is 12.2. The van der Waals surface area contributed by atoms with Gasteiger partial charge in [0, 0.05) is 32.7 Å². The number of fused-ring (bicyclic) bond motifs is 1. The molecule has 0 heterocycles. The van der Waals surface area contributed by atoms with Crippen LogP contribution in [0.1, 0.15) is 58.2 Å². The molecule has 9 nitrogen and oxygen atoms in total. The number of phenols is 1. The third-order valence-electron chi connectivity index (χ3n) is 5.56. The molecule has 0 saturated heterocycles. The van der Waals surface area contributed by atoms with Gasteiger partial charge in [-0.3, -0.25) is 4.55 Å². The summed E-state index contributed by atoms with van der Waals surface area (Å²) < 4.78 is 34.2. The van der Waals surface area contributed by atoms with Crippen LogP contribution in [-0.4, -0.2) is 18.1 Å². The molecule has 0 aliphatic rings. The second-order valence-corrected chi connectivity index (χ2v) is 9.46. The fraction of sp³-hybridized carbons (Fsp3) is 0.281. The van der Waals surface area contributed by atoms with Gasteiger partial charge >= 0.3 is 0 Å². The number of rotatable bonds is 5. The van der Waals surface area contributed by atoms with Crippen LogP contribution < -0.4 is 5.73 Å². The number of benzene rings is 4. The van der Waals surface area contributed by atoms with Crippen LogP contribution in [-0.2, 0) is 42.8 Å². The van der Waals surface area contributed by atoms with Crippen molar-refractivity contribution in [3.63, 3.8) is 0 Å². The zero-order chi connectivity index (χ0) is 31.3. The Bertz CT molecular complexity index is 1640. The molecule has 0 unspecified atom stereocenters. The summed E-state index contributed by atoms with van der Waals surface area (Å²) in [5.41, 5.74) is 9.40. The fourth-order valence-corrected chi connectivity index (χ4v) is 4.33. The summed E-state index contributed by atoms with van der Waals surface area (Å²) in [6.07, 6.45) is 0. The molecule has 4 aromatic carbocycles. The summed E-state index contributed by atoms with van der Waals surface area (Å²) in [4.78, 5) is -0.520. The van der Waals surface area contributed by atoms with Gasteiger partial charge in [-0.15, -0.1) is 10.2 Å². The molecule has 0 bridgehead atoms. The predicted molar refractivity (Wildman–Crippen MR) is 176 cm³/mol. The molecule has 231 valence electrons. The van der Waals surface area contributed by atoms with Crippen LogP contribution in [0.4, 0.5) is 28.4 Å². The molecule has 0 aromatic heterocycles. The smallest absolute Gasteiger partial charge is 0.296 e. The van der Waals surface area contributed by atoms with Gasteiger partial charge in [-0.05, 0) is 67.1 Å². The predicted octanol–water partition coefficient (Wildman–Crippen LogP) is 10.7. The molecule has 43 heavy (non-hydrogen) atoms. The van der Waals surface area contributed by atoms with Crippen LogP contribution in [0.25, 0.3) is 10.8 Å². The Morgan fingerprint density at radius 1 is 0.674 bits per heavy atom. The monoisotopic (exact) mass is 683 g/mol. The molecule has 11 heteroatoms. The number of phenolic OH excluding ortho intramolecular Hbond substituents is 1. The van der Waals surface area contributed by atoms with Crippen molar-refractivity contribution >= 4 is 49.3 Å². The number of anilines is 1. The Morgan fingerprint density at radius 2 is 1.09 bits per heavy atom. The van der Waals surface area contributed by atoms with Crippen LogP contribution in [0.3, 0.4) is 0 Å². The number of nitrogen functional groups attached to an aromatic ring is 1. The number of hydrogen-bond donors (Lipinski definition) is 3. The van der Waals surface area contributed by atoms with Crippen molar-refractivity contribution in [1.29, 1.82) is 0 Å². The van der Waals surface area contributed by atoms with E-state index < -0.39 is 15.0 Å². The number of nitrogens with zero attached hydrogens (tertiary/aromatic N) is 4. The molecule has 4 rings (SSSR count). The van der Waals surface area contributed by atoms with Gasteiger partial charge in [0.2, 0.25) is 0 Å². The van der Waals surface area contributed by atoms with E-state index in [1.54, 1.807) is 31.2 Å². The first kappa shape index (κ1) is 42.1. The maximum Gasteiger partial charge on any atom is 0.296 e. The molecular formula is C32H44N5O4SY-. The quantitative estimate of drug-likeness (QED) is 0.0828. The third kappa shape index (κ3) is 10.6. The summed E-state index contributed by atoms with van der Waals surface area (Å²) in [6, 6.07) is 17.3. The van der Waals surface area contributed by atoms with Gasteiger partial charge in [0.05, 0.1) is 22.4 Å². The van der Waals surface area contributed by atoms with Crippen molar-refractivity contribution in [3.8, 4) is 5.75 Å². The third-order valence-corrected chi connectivity index (χ3v) is 6.43. The number of aromatic hydroxyl groups is 1. The molecule has 4 N–H and O–H groups in total. The minimum absolute atomic E-state index is 0. The molecule has 0 aliphatic carbocycles. The average Bonchev–Trinajstić information content (AvgIpc) is 2.96. The first-order valence-corrected chi connectivity index (χ1v) is 15.0. The maximum absolute atomic E-state index is 12.2. The van der Waals surface area contributed by atoms with Gasteiger partial charge in [-0.2, -0.15) is 18.6 Å². The van der Waals surface area contributed by atoms with Crippen LogP contribution in [0, 0.1) is 28.2 Å². The molecule has 0 saturated carbocycles. The van der Waals surface area contributed by atoms with Crippen molar-refractivity contribution in [2.45, 2.75) is 67.2 Å². The summed E-state index contributed by atoms with van der Waals surface area (Å²) in [5, 5.41) is 28.1. The second kappa shape index (κ2) is 20.0. The Kier molecular flexibility index (Phi) is 19.6. The number of aryl methyl sites for hydroxylation is 3. The van der Waals surface area contributed by atoms with E-state index in [1.807, 2.05) is 85.7 Å². The van der Waals surface area contributed by atoms with Crippen LogP contribution in [0.2, 0.25) is 0 Å². The van der Waals surface area contributed by atoms with E-state index in [0.29, 0.717) is 16.9 Å². The van der Waals surface area contributed by atoms with Crippen molar-refractivity contribution < 1.29 is 50.8 Å². The van der Waals surface area contributed by atoms with E-state index in [1.165, 1.54) is 6.07 Å². The van der Waals surface area contributed by atoms with Crippen LogP contribution >= 0.6 is 0 Å². The van der Waals surface area contributed by atoms with E-state index in [9.17, 15) is 18.1 Å². The molecule has 0 atom stereocenters. The van der Waals surface area contributed by atoms with Crippen LogP contribution in [0.5, 0.6) is 5.75 Å². The first-order valence-electron chi connectivity index (χ1n) is 13.6. The molecule has 1 radical (unpaired) electrons. The number of nitrogens with two attached hydrogens (primary N) is 1. The Hall–Kier alpha value is -3.05. The van der Waals surface area contributed by atoms with Gasteiger partial charge in [-0.25, -0.2) is 0 Å². The van der Waals surface area contributed by atoms with E-state index >= 15 is 0 Å². The Morgan fingerprint density at radius 3 is 1.51 bits per heavy atom. The molecule has 0 fully saturated rings. The average molecular weight is 684 g/mol. The summed E-state index contributed by atoms with van der Waals surface area (Å²) in [5.74, 6) is -0.288. The topological polar surface area (TPSA) is 150 Å².